The largest absolute Gasteiger partial charge is 0.508 e. The number of ether oxygens (including phenoxy) is 1. The summed E-state index contributed by atoms with van der Waals surface area (Å²) in [5.74, 6) is -0.171. The summed E-state index contributed by atoms with van der Waals surface area (Å²) in [6.45, 7) is 3.91. The predicted octanol–water partition coefficient (Wildman–Crippen LogP) is 1.99. The van der Waals surface area contributed by atoms with Crippen molar-refractivity contribution >= 4 is 5.97 Å². The molecule has 0 aromatic heterocycles. The normalized spacial score (nSPS) is 13.9. The maximum absolute atomic E-state index is 11.7. The van der Waals surface area contributed by atoms with Crippen molar-refractivity contribution in [3.05, 3.63) is 29.8 Å². The molecule has 0 aliphatic heterocycles. The number of nitrogens with two attached hydrogens (primary N) is 1. The van der Waals surface area contributed by atoms with Crippen LogP contribution in [0.15, 0.2) is 24.3 Å². The van der Waals surface area contributed by atoms with E-state index >= 15 is 0 Å². The fourth-order valence-corrected chi connectivity index (χ4v) is 1.72. The van der Waals surface area contributed by atoms with Gasteiger partial charge in [-0.2, -0.15) is 0 Å². The summed E-state index contributed by atoms with van der Waals surface area (Å²) in [6, 6.07) is 5.99. The summed E-state index contributed by atoms with van der Waals surface area (Å²) in [6.07, 6.45) is 2.14. The van der Waals surface area contributed by atoms with Gasteiger partial charge in [0, 0.05) is 0 Å². The summed E-state index contributed by atoms with van der Waals surface area (Å²) in [4.78, 5) is 11.7. The van der Waals surface area contributed by atoms with Crippen LogP contribution in [0.4, 0.5) is 0 Å². The van der Waals surface area contributed by atoms with Gasteiger partial charge in [0.05, 0.1) is 6.10 Å². The third kappa shape index (κ3) is 4.75. The van der Waals surface area contributed by atoms with Crippen LogP contribution >= 0.6 is 0 Å². The van der Waals surface area contributed by atoms with E-state index in [-0.39, 0.29) is 17.8 Å². The highest BCUT2D eigenvalue weighted by molar-refractivity contribution is 5.76. The quantitative estimate of drug-likeness (QED) is 0.758. The number of hydrogen-bond donors (Lipinski definition) is 2. The van der Waals surface area contributed by atoms with Crippen LogP contribution in [-0.2, 0) is 16.0 Å². The van der Waals surface area contributed by atoms with Crippen LogP contribution in [0.1, 0.15) is 32.3 Å². The molecule has 1 aromatic carbocycles. The van der Waals surface area contributed by atoms with Crippen molar-refractivity contribution in [3.63, 3.8) is 0 Å². The maximum Gasteiger partial charge on any atom is 0.323 e. The van der Waals surface area contributed by atoms with E-state index in [0.717, 1.165) is 18.4 Å². The number of rotatable bonds is 6. The Kier molecular flexibility index (Phi) is 5.65. The van der Waals surface area contributed by atoms with Gasteiger partial charge in [0.1, 0.15) is 11.8 Å². The summed E-state index contributed by atoms with van der Waals surface area (Å²) < 4.78 is 5.24. The number of carbonyl (C=O) groups is 1. The topological polar surface area (TPSA) is 72.5 Å². The number of aromatic hydroxyl groups is 1. The zero-order valence-corrected chi connectivity index (χ0v) is 10.9. The number of phenols is 1. The van der Waals surface area contributed by atoms with Crippen molar-refractivity contribution in [1.82, 2.24) is 0 Å². The molecular formula is C14H21NO3. The molecule has 0 amide bonds. The molecule has 100 valence electrons. The predicted molar refractivity (Wildman–Crippen MR) is 70.2 cm³/mol. The Balaban J connectivity index is 2.46. The first-order valence-corrected chi connectivity index (χ1v) is 6.27. The first-order chi connectivity index (χ1) is 8.52. The summed E-state index contributed by atoms with van der Waals surface area (Å²) in [5.41, 5.74) is 6.70. The maximum atomic E-state index is 11.7. The first-order valence-electron chi connectivity index (χ1n) is 6.27. The monoisotopic (exact) mass is 251 g/mol. The fourth-order valence-electron chi connectivity index (χ4n) is 1.72. The molecule has 1 unspecified atom stereocenters. The molecule has 0 aliphatic rings. The van der Waals surface area contributed by atoms with E-state index < -0.39 is 6.04 Å². The lowest BCUT2D eigenvalue weighted by molar-refractivity contribution is -0.150. The molecule has 0 saturated heterocycles. The molecule has 4 nitrogen and oxygen atoms in total. The molecule has 0 aliphatic carbocycles. The molecule has 0 heterocycles. The van der Waals surface area contributed by atoms with Crippen molar-refractivity contribution in [2.75, 3.05) is 0 Å². The third-order valence-corrected chi connectivity index (χ3v) is 2.71. The van der Waals surface area contributed by atoms with Crippen molar-refractivity contribution in [2.24, 2.45) is 5.73 Å². The fraction of sp³-hybridized carbons (Fsp3) is 0.500. The molecule has 0 bridgehead atoms. The molecule has 0 fully saturated rings. The lowest BCUT2D eigenvalue weighted by Gasteiger charge is -2.16. The molecule has 0 radical (unpaired) electrons. The molecule has 0 saturated carbocycles. The number of benzene rings is 1. The molecular weight excluding hydrogens is 230 g/mol. The molecule has 3 N–H and O–H groups in total. The number of hydrogen-bond acceptors (Lipinski definition) is 4. The minimum Gasteiger partial charge on any atom is -0.508 e. The summed E-state index contributed by atoms with van der Waals surface area (Å²) >= 11 is 0. The Bertz CT molecular complexity index is 375. The van der Waals surface area contributed by atoms with Gasteiger partial charge in [-0.1, -0.05) is 25.5 Å². The van der Waals surface area contributed by atoms with Crippen molar-refractivity contribution in [3.8, 4) is 5.75 Å². The van der Waals surface area contributed by atoms with E-state index in [9.17, 15) is 4.79 Å². The van der Waals surface area contributed by atoms with Gasteiger partial charge in [0.15, 0.2) is 0 Å². The SMILES string of the molecule is CCCC(C)OC(=O)[C@H](N)Cc1ccc(O)cc1. The van der Waals surface area contributed by atoms with Gasteiger partial charge in [-0.25, -0.2) is 0 Å². The Hall–Kier alpha value is -1.55. The second-order valence-corrected chi connectivity index (χ2v) is 4.51. The van der Waals surface area contributed by atoms with Crippen LogP contribution < -0.4 is 5.73 Å². The van der Waals surface area contributed by atoms with Crippen molar-refractivity contribution < 1.29 is 14.6 Å². The van der Waals surface area contributed by atoms with E-state index in [1.165, 1.54) is 0 Å². The standard InChI is InChI=1S/C14H21NO3/c1-3-4-10(2)18-14(17)13(15)9-11-5-7-12(16)8-6-11/h5-8,10,13,16H,3-4,9,15H2,1-2H3/t10?,13-/m1/s1. The minimum atomic E-state index is -0.658. The second-order valence-electron chi connectivity index (χ2n) is 4.51. The number of phenolic OH excluding ortho intramolecular Hbond substituents is 1. The first kappa shape index (κ1) is 14.5. The van der Waals surface area contributed by atoms with Gasteiger partial charge in [-0.3, -0.25) is 4.79 Å². The number of esters is 1. The van der Waals surface area contributed by atoms with Gasteiger partial charge < -0.3 is 15.6 Å². The van der Waals surface area contributed by atoms with Crippen molar-refractivity contribution in [2.45, 2.75) is 45.3 Å². The Morgan fingerprint density at radius 2 is 2.00 bits per heavy atom. The molecule has 0 spiro atoms. The van der Waals surface area contributed by atoms with Gasteiger partial charge in [-0.15, -0.1) is 0 Å². The Morgan fingerprint density at radius 3 is 2.56 bits per heavy atom. The third-order valence-electron chi connectivity index (χ3n) is 2.71. The second kappa shape index (κ2) is 7.01. The Morgan fingerprint density at radius 1 is 1.39 bits per heavy atom. The molecule has 1 rings (SSSR count). The summed E-state index contributed by atoms with van der Waals surface area (Å²) in [7, 11) is 0. The van der Waals surface area contributed by atoms with E-state index in [2.05, 4.69) is 0 Å². The van der Waals surface area contributed by atoms with Gasteiger partial charge in [0.2, 0.25) is 0 Å². The van der Waals surface area contributed by atoms with E-state index in [4.69, 9.17) is 15.6 Å². The van der Waals surface area contributed by atoms with Crippen LogP contribution in [0.2, 0.25) is 0 Å². The van der Waals surface area contributed by atoms with E-state index in [1.807, 2.05) is 13.8 Å². The highest BCUT2D eigenvalue weighted by Gasteiger charge is 2.18. The van der Waals surface area contributed by atoms with Crippen LogP contribution in [0.3, 0.4) is 0 Å². The smallest absolute Gasteiger partial charge is 0.323 e. The van der Waals surface area contributed by atoms with Gasteiger partial charge in [-0.05, 0) is 37.5 Å². The molecule has 1 aromatic rings. The van der Waals surface area contributed by atoms with Crippen LogP contribution in [0.5, 0.6) is 5.75 Å². The molecule has 4 heteroatoms. The highest BCUT2D eigenvalue weighted by atomic mass is 16.5. The lowest BCUT2D eigenvalue weighted by atomic mass is 10.1. The molecule has 2 atom stereocenters. The number of carbonyl (C=O) groups excluding carboxylic acids is 1. The Labute approximate surface area is 108 Å². The van der Waals surface area contributed by atoms with Crippen LogP contribution in [0, 0.1) is 0 Å². The average Bonchev–Trinajstić information content (AvgIpc) is 2.32. The lowest BCUT2D eigenvalue weighted by Crippen LogP contribution is -2.36. The minimum absolute atomic E-state index is 0.0895. The molecule has 18 heavy (non-hydrogen) atoms. The summed E-state index contributed by atoms with van der Waals surface area (Å²) in [5, 5.41) is 9.16. The average molecular weight is 251 g/mol. The zero-order valence-electron chi connectivity index (χ0n) is 10.9. The zero-order chi connectivity index (χ0) is 13.5. The van der Waals surface area contributed by atoms with Crippen LogP contribution in [0.25, 0.3) is 0 Å². The highest BCUT2D eigenvalue weighted by Crippen LogP contribution is 2.11. The van der Waals surface area contributed by atoms with Crippen molar-refractivity contribution in [1.29, 1.82) is 0 Å². The van der Waals surface area contributed by atoms with Gasteiger partial charge >= 0.3 is 5.97 Å². The van der Waals surface area contributed by atoms with Gasteiger partial charge in [0.25, 0.3) is 0 Å². The van der Waals surface area contributed by atoms with E-state index in [0.29, 0.717) is 6.42 Å². The van der Waals surface area contributed by atoms with Crippen LogP contribution in [-0.4, -0.2) is 23.2 Å². The van der Waals surface area contributed by atoms with E-state index in [1.54, 1.807) is 24.3 Å².